The molecule has 0 atom stereocenters. The lowest BCUT2D eigenvalue weighted by molar-refractivity contribution is 0.326. The van der Waals surface area contributed by atoms with Crippen molar-refractivity contribution in [2.45, 2.75) is 4.90 Å². The quantitative estimate of drug-likeness (QED) is 0.781. The van der Waals surface area contributed by atoms with Crippen molar-refractivity contribution in [3.05, 3.63) is 70.8 Å². The van der Waals surface area contributed by atoms with Crippen LogP contribution in [0.25, 0.3) is 5.57 Å². The molecule has 19 heavy (non-hydrogen) atoms. The molecule has 1 heterocycles. The molecule has 0 spiro atoms. The van der Waals surface area contributed by atoms with E-state index in [9.17, 15) is 0 Å². The second-order valence-corrected chi connectivity index (χ2v) is 8.52. The topological polar surface area (TPSA) is 9.23 Å². The van der Waals surface area contributed by atoms with Crippen molar-refractivity contribution in [2.75, 3.05) is 19.6 Å². The minimum absolute atomic E-state index is 1.04. The van der Waals surface area contributed by atoms with E-state index in [0.717, 1.165) is 5.09 Å². The van der Waals surface area contributed by atoms with Crippen molar-refractivity contribution in [2.24, 2.45) is 0 Å². The van der Waals surface area contributed by atoms with Gasteiger partial charge in [0, 0.05) is 10.5 Å². The van der Waals surface area contributed by atoms with Crippen LogP contribution in [0, 0.1) is 0 Å². The van der Waals surface area contributed by atoms with E-state index in [1.54, 1.807) is 7.11 Å². The van der Waals surface area contributed by atoms with Crippen LogP contribution in [0.4, 0.5) is 0 Å². The molecular weight excluding hydrogens is 252 g/mol. The molecule has 0 aliphatic carbocycles. The summed E-state index contributed by atoms with van der Waals surface area (Å²) in [5.74, 6) is 0. The molecule has 0 unspecified atom stereocenters. The summed E-state index contributed by atoms with van der Waals surface area (Å²) in [6.07, 6.45) is 4.61. The van der Waals surface area contributed by atoms with Crippen LogP contribution in [-0.2, 0) is 4.74 Å². The van der Waals surface area contributed by atoms with Crippen LogP contribution in [0.5, 0.6) is 0 Å². The van der Waals surface area contributed by atoms with E-state index < -0.39 is 10.0 Å². The Hall–Kier alpha value is -1.67. The lowest BCUT2D eigenvalue weighted by Gasteiger charge is -2.29. The molecule has 98 valence electrons. The van der Waals surface area contributed by atoms with Gasteiger partial charge in [0.1, 0.15) is 5.09 Å². The maximum Gasteiger partial charge on any atom is 0.147 e. The van der Waals surface area contributed by atoms with Crippen LogP contribution < -0.4 is 0 Å². The third kappa shape index (κ3) is 1.79. The molecule has 2 aromatic rings. The summed E-state index contributed by atoms with van der Waals surface area (Å²) >= 11 is 0. The van der Waals surface area contributed by atoms with E-state index in [0.29, 0.717) is 0 Å². The predicted molar refractivity (Wildman–Crippen MR) is 83.6 cm³/mol. The van der Waals surface area contributed by atoms with E-state index >= 15 is 0 Å². The second kappa shape index (κ2) is 4.46. The molecule has 0 bridgehead atoms. The first-order valence-corrected chi connectivity index (χ1v) is 8.77. The number of fused-ring (bicyclic) bond motifs is 1. The minimum Gasteiger partial charge on any atom is -0.491 e. The van der Waals surface area contributed by atoms with Crippen molar-refractivity contribution in [1.29, 1.82) is 0 Å². The molecule has 0 fully saturated rings. The maximum absolute atomic E-state index is 5.79. The van der Waals surface area contributed by atoms with Crippen LogP contribution in [0.2, 0.25) is 0 Å². The molecular formula is C17H18OS. The van der Waals surface area contributed by atoms with E-state index in [4.69, 9.17) is 4.74 Å². The standard InChI is InChI=1S/C17H18OS/c1-18-17-16(13-9-5-4-6-10-13)14-11-7-8-12-15(14)19(17,2)3/h4-12H,1-3H3. The Bertz CT molecular complexity index is 641. The Balaban J connectivity index is 2.31. The van der Waals surface area contributed by atoms with Crippen LogP contribution in [0.1, 0.15) is 11.1 Å². The highest BCUT2D eigenvalue weighted by Crippen LogP contribution is 2.66. The highest BCUT2D eigenvalue weighted by Gasteiger charge is 2.35. The van der Waals surface area contributed by atoms with Gasteiger partial charge in [-0.1, -0.05) is 48.5 Å². The minimum atomic E-state index is -1.04. The smallest absolute Gasteiger partial charge is 0.147 e. The van der Waals surface area contributed by atoms with Gasteiger partial charge in [-0.25, -0.2) is 0 Å². The first kappa shape index (κ1) is 12.4. The largest absolute Gasteiger partial charge is 0.491 e. The zero-order valence-corrected chi connectivity index (χ0v) is 12.3. The number of hydrogen-bond acceptors (Lipinski definition) is 1. The molecule has 0 radical (unpaired) electrons. The highest BCUT2D eigenvalue weighted by molar-refractivity contribution is 8.36. The Labute approximate surface area is 116 Å². The number of ether oxygens (including phenoxy) is 1. The highest BCUT2D eigenvalue weighted by atomic mass is 32.3. The van der Waals surface area contributed by atoms with Gasteiger partial charge in [-0.3, -0.25) is 0 Å². The van der Waals surface area contributed by atoms with Crippen molar-refractivity contribution in [1.82, 2.24) is 0 Å². The summed E-state index contributed by atoms with van der Waals surface area (Å²) in [5.41, 5.74) is 3.83. The molecule has 0 saturated carbocycles. The van der Waals surface area contributed by atoms with Gasteiger partial charge in [0.25, 0.3) is 0 Å². The summed E-state index contributed by atoms with van der Waals surface area (Å²) in [5, 5.41) is 1.14. The van der Waals surface area contributed by atoms with Crippen LogP contribution >= 0.6 is 10.0 Å². The van der Waals surface area contributed by atoms with Gasteiger partial charge in [-0.2, -0.15) is 10.0 Å². The molecule has 0 N–H and O–H groups in total. The molecule has 0 aromatic heterocycles. The van der Waals surface area contributed by atoms with Crippen molar-refractivity contribution >= 4 is 15.6 Å². The molecule has 1 nitrogen and oxygen atoms in total. The lowest BCUT2D eigenvalue weighted by Crippen LogP contribution is -1.98. The lowest BCUT2D eigenvalue weighted by atomic mass is 9.99. The number of methoxy groups -OCH3 is 1. The van der Waals surface area contributed by atoms with Gasteiger partial charge in [-0.05, 0) is 29.7 Å². The molecule has 0 amide bonds. The molecule has 1 aliphatic rings. The van der Waals surface area contributed by atoms with Crippen molar-refractivity contribution in [3.8, 4) is 0 Å². The fraction of sp³-hybridized carbons (Fsp3) is 0.176. The first-order valence-electron chi connectivity index (χ1n) is 6.33. The van der Waals surface area contributed by atoms with Gasteiger partial charge in [-0.15, -0.1) is 0 Å². The fourth-order valence-corrected chi connectivity index (χ4v) is 5.26. The Morgan fingerprint density at radius 2 is 1.47 bits per heavy atom. The predicted octanol–water partition coefficient (Wildman–Crippen LogP) is 4.49. The number of benzene rings is 2. The zero-order chi connectivity index (χ0) is 13.5. The summed E-state index contributed by atoms with van der Waals surface area (Å²) < 4.78 is 5.79. The Kier molecular flexibility index (Phi) is 2.90. The fourth-order valence-electron chi connectivity index (χ4n) is 2.77. The molecule has 0 saturated heterocycles. The summed E-state index contributed by atoms with van der Waals surface area (Å²) in [4.78, 5) is 1.42. The zero-order valence-electron chi connectivity index (χ0n) is 11.5. The molecule has 2 aromatic carbocycles. The normalized spacial score (nSPS) is 18.1. The van der Waals surface area contributed by atoms with Crippen molar-refractivity contribution in [3.63, 3.8) is 0 Å². The maximum atomic E-state index is 5.79. The third-order valence-corrected chi connectivity index (χ3v) is 6.37. The monoisotopic (exact) mass is 270 g/mol. The second-order valence-electron chi connectivity index (χ2n) is 5.06. The van der Waals surface area contributed by atoms with Gasteiger partial charge < -0.3 is 4.74 Å². The van der Waals surface area contributed by atoms with E-state index in [1.165, 1.54) is 21.6 Å². The van der Waals surface area contributed by atoms with E-state index in [1.807, 2.05) is 0 Å². The Morgan fingerprint density at radius 1 is 0.842 bits per heavy atom. The average Bonchev–Trinajstić information content (AvgIpc) is 2.68. The van der Waals surface area contributed by atoms with Crippen LogP contribution in [0.15, 0.2) is 64.6 Å². The van der Waals surface area contributed by atoms with Crippen molar-refractivity contribution < 1.29 is 4.74 Å². The van der Waals surface area contributed by atoms with Crippen LogP contribution in [0.3, 0.4) is 0 Å². The summed E-state index contributed by atoms with van der Waals surface area (Å²) in [6.45, 7) is 0. The average molecular weight is 270 g/mol. The van der Waals surface area contributed by atoms with Gasteiger partial charge >= 0.3 is 0 Å². The third-order valence-electron chi connectivity index (χ3n) is 3.62. The molecule has 1 aliphatic heterocycles. The summed E-state index contributed by atoms with van der Waals surface area (Å²) in [7, 11) is 0.754. The number of rotatable bonds is 2. The Morgan fingerprint density at radius 3 is 2.16 bits per heavy atom. The van der Waals surface area contributed by atoms with Gasteiger partial charge in [0.05, 0.1) is 7.11 Å². The summed E-state index contributed by atoms with van der Waals surface area (Å²) in [6, 6.07) is 19.2. The first-order chi connectivity index (χ1) is 9.16. The number of hydrogen-bond donors (Lipinski definition) is 0. The van der Waals surface area contributed by atoms with Crippen LogP contribution in [-0.4, -0.2) is 19.6 Å². The van der Waals surface area contributed by atoms with Gasteiger partial charge in [0.15, 0.2) is 0 Å². The SMILES string of the molecule is COC1=C(c2ccccc2)c2ccccc2S1(C)C. The van der Waals surface area contributed by atoms with E-state index in [-0.39, 0.29) is 0 Å². The van der Waals surface area contributed by atoms with E-state index in [2.05, 4.69) is 67.1 Å². The molecule has 2 heteroatoms. The molecule has 3 rings (SSSR count). The van der Waals surface area contributed by atoms with Gasteiger partial charge in [0.2, 0.25) is 0 Å².